The monoisotopic (exact) mass is 437 g/mol. The summed E-state index contributed by atoms with van der Waals surface area (Å²) in [7, 11) is 0. The average Bonchev–Trinajstić information content (AvgIpc) is 3.46. The number of carbonyl (C=O) groups excluding carboxylic acids is 1. The second-order valence-electron chi connectivity index (χ2n) is 8.98. The molecular formula is C24H31N5O3. The highest BCUT2D eigenvalue weighted by Crippen LogP contribution is 2.39. The molecule has 1 aliphatic carbocycles. The number of nitrogens with zero attached hydrogens (tertiary/aromatic N) is 4. The van der Waals surface area contributed by atoms with Crippen molar-refractivity contribution < 1.29 is 13.8 Å². The maximum absolute atomic E-state index is 12.3. The van der Waals surface area contributed by atoms with Crippen LogP contribution >= 0.6 is 0 Å². The molecule has 1 N–H and O–H groups in total. The molecule has 0 unspecified atom stereocenters. The summed E-state index contributed by atoms with van der Waals surface area (Å²) in [6.07, 6.45) is 6.70. The molecule has 3 aromatic heterocycles. The van der Waals surface area contributed by atoms with Gasteiger partial charge in [-0.25, -0.2) is 9.97 Å². The second kappa shape index (κ2) is 9.63. The van der Waals surface area contributed by atoms with E-state index in [2.05, 4.69) is 34.5 Å². The zero-order valence-electron chi connectivity index (χ0n) is 19.2. The number of nitrogens with one attached hydrogen (secondary N) is 1. The number of rotatable bonds is 7. The Morgan fingerprint density at radius 3 is 2.56 bits per heavy atom. The highest BCUT2D eigenvalue weighted by molar-refractivity contribution is 5.91. The Bertz CT molecular complexity index is 1060. The summed E-state index contributed by atoms with van der Waals surface area (Å²) in [4.78, 5) is 21.8. The Morgan fingerprint density at radius 1 is 1.16 bits per heavy atom. The van der Waals surface area contributed by atoms with Crippen LogP contribution in [-0.4, -0.2) is 32.7 Å². The zero-order valence-corrected chi connectivity index (χ0v) is 19.2. The van der Waals surface area contributed by atoms with Gasteiger partial charge in [0, 0.05) is 36.7 Å². The van der Waals surface area contributed by atoms with Gasteiger partial charge >= 0.3 is 0 Å². The van der Waals surface area contributed by atoms with Crippen LogP contribution in [0.2, 0.25) is 0 Å². The third kappa shape index (κ3) is 4.89. The zero-order chi connectivity index (χ0) is 22.7. The van der Waals surface area contributed by atoms with Gasteiger partial charge < -0.3 is 14.4 Å². The van der Waals surface area contributed by atoms with E-state index in [4.69, 9.17) is 14.0 Å². The van der Waals surface area contributed by atoms with Crippen molar-refractivity contribution in [2.24, 2.45) is 5.92 Å². The summed E-state index contributed by atoms with van der Waals surface area (Å²) >= 11 is 0. The van der Waals surface area contributed by atoms with Crippen LogP contribution in [0.15, 0.2) is 27.4 Å². The fraction of sp³-hybridized carbons (Fsp3) is 0.542. The van der Waals surface area contributed by atoms with Crippen molar-refractivity contribution >= 4 is 5.91 Å². The maximum atomic E-state index is 12.3. The fourth-order valence-corrected chi connectivity index (χ4v) is 4.23. The van der Waals surface area contributed by atoms with Crippen LogP contribution in [0.4, 0.5) is 0 Å². The average molecular weight is 438 g/mol. The highest BCUT2D eigenvalue weighted by atomic mass is 16.5. The van der Waals surface area contributed by atoms with E-state index in [1.165, 1.54) is 0 Å². The van der Waals surface area contributed by atoms with Crippen molar-refractivity contribution in [2.75, 3.05) is 6.54 Å². The molecule has 0 atom stereocenters. The molecule has 0 saturated heterocycles. The molecule has 0 aliphatic heterocycles. The molecule has 8 nitrogen and oxygen atoms in total. The van der Waals surface area contributed by atoms with Gasteiger partial charge in [0.05, 0.1) is 22.6 Å². The highest BCUT2D eigenvalue weighted by Gasteiger charge is 2.28. The van der Waals surface area contributed by atoms with Crippen molar-refractivity contribution in [3.05, 3.63) is 47.0 Å². The van der Waals surface area contributed by atoms with Gasteiger partial charge in [0.2, 0.25) is 5.76 Å². The van der Waals surface area contributed by atoms with E-state index < -0.39 is 0 Å². The molecule has 3 aromatic rings. The number of hydrogen-bond acceptors (Lipinski definition) is 7. The lowest BCUT2D eigenvalue weighted by molar-refractivity contribution is 0.0905. The minimum Gasteiger partial charge on any atom is -0.356 e. The van der Waals surface area contributed by atoms with E-state index in [1.54, 1.807) is 6.07 Å². The van der Waals surface area contributed by atoms with E-state index in [0.717, 1.165) is 66.3 Å². The quantitative estimate of drug-likeness (QED) is 0.565. The van der Waals surface area contributed by atoms with Crippen LogP contribution in [0.5, 0.6) is 0 Å². The third-order valence-electron chi connectivity index (χ3n) is 6.18. The van der Waals surface area contributed by atoms with Gasteiger partial charge in [0.1, 0.15) is 5.82 Å². The standard InChI is InChI=1S/C24H31N5O3/c1-5-18-11-21(32-29-18)24(30)26-12-16-6-8-17(9-7-16)22-19(20-10-15(4)28-31-20)13-25-23(27-22)14(2)3/h10-11,13-14,16-17H,5-9,12H2,1-4H3,(H,26,30). The summed E-state index contributed by atoms with van der Waals surface area (Å²) in [5.74, 6) is 2.70. The van der Waals surface area contributed by atoms with E-state index in [9.17, 15) is 4.79 Å². The van der Waals surface area contributed by atoms with Crippen LogP contribution in [-0.2, 0) is 6.42 Å². The van der Waals surface area contributed by atoms with Gasteiger partial charge in [-0.1, -0.05) is 31.1 Å². The smallest absolute Gasteiger partial charge is 0.289 e. The third-order valence-corrected chi connectivity index (χ3v) is 6.18. The van der Waals surface area contributed by atoms with Gasteiger partial charge in [-0.2, -0.15) is 0 Å². The molecule has 3 heterocycles. The van der Waals surface area contributed by atoms with Crippen molar-refractivity contribution in [1.29, 1.82) is 0 Å². The maximum Gasteiger partial charge on any atom is 0.289 e. The molecule has 1 fully saturated rings. The number of aromatic nitrogens is 4. The summed E-state index contributed by atoms with van der Waals surface area (Å²) < 4.78 is 10.7. The minimum atomic E-state index is -0.195. The van der Waals surface area contributed by atoms with E-state index in [1.807, 2.05) is 26.1 Å². The molecule has 1 saturated carbocycles. The van der Waals surface area contributed by atoms with E-state index >= 15 is 0 Å². The van der Waals surface area contributed by atoms with Crippen molar-refractivity contribution in [3.8, 4) is 11.3 Å². The Labute approximate surface area is 188 Å². The van der Waals surface area contributed by atoms with Gasteiger partial charge in [-0.15, -0.1) is 0 Å². The van der Waals surface area contributed by atoms with Gasteiger partial charge in [-0.05, 0) is 44.9 Å². The van der Waals surface area contributed by atoms with E-state index in [0.29, 0.717) is 18.4 Å². The van der Waals surface area contributed by atoms with E-state index in [-0.39, 0.29) is 17.6 Å². The Kier molecular flexibility index (Phi) is 6.67. The van der Waals surface area contributed by atoms with Gasteiger partial charge in [0.25, 0.3) is 5.91 Å². The first-order valence-electron chi connectivity index (χ1n) is 11.5. The molecule has 0 bridgehead atoms. The molecule has 32 heavy (non-hydrogen) atoms. The SMILES string of the molecule is CCc1cc(C(=O)NCC2CCC(c3nc(C(C)C)ncc3-c3cc(C)no3)CC2)on1. The fourth-order valence-electron chi connectivity index (χ4n) is 4.23. The minimum absolute atomic E-state index is 0.195. The summed E-state index contributed by atoms with van der Waals surface area (Å²) in [5.41, 5.74) is 3.62. The summed E-state index contributed by atoms with van der Waals surface area (Å²) in [6.45, 7) is 8.75. The molecule has 1 aliphatic rings. The first kappa shape index (κ1) is 22.2. The number of hydrogen-bond donors (Lipinski definition) is 1. The Hall–Kier alpha value is -3.03. The van der Waals surface area contributed by atoms with Gasteiger partial charge in [0.15, 0.2) is 5.76 Å². The summed E-state index contributed by atoms with van der Waals surface area (Å²) in [5, 5.41) is 10.9. The van der Waals surface area contributed by atoms with Crippen molar-refractivity contribution in [3.63, 3.8) is 0 Å². The van der Waals surface area contributed by atoms with Crippen LogP contribution in [0, 0.1) is 12.8 Å². The molecule has 170 valence electrons. The number of aryl methyl sites for hydroxylation is 2. The lowest BCUT2D eigenvalue weighted by atomic mass is 9.79. The van der Waals surface area contributed by atoms with Crippen LogP contribution in [0.25, 0.3) is 11.3 Å². The van der Waals surface area contributed by atoms with Crippen molar-refractivity contribution in [2.45, 2.75) is 71.6 Å². The Morgan fingerprint density at radius 2 is 1.94 bits per heavy atom. The first-order chi connectivity index (χ1) is 15.4. The lowest BCUT2D eigenvalue weighted by Gasteiger charge is -2.29. The van der Waals surface area contributed by atoms with Crippen LogP contribution in [0.3, 0.4) is 0 Å². The molecule has 0 radical (unpaired) electrons. The van der Waals surface area contributed by atoms with Crippen LogP contribution < -0.4 is 5.32 Å². The Balaban J connectivity index is 1.41. The largest absolute Gasteiger partial charge is 0.356 e. The second-order valence-corrected chi connectivity index (χ2v) is 8.98. The molecule has 0 spiro atoms. The van der Waals surface area contributed by atoms with Crippen LogP contribution in [0.1, 0.15) is 91.8 Å². The number of carbonyl (C=O) groups is 1. The lowest BCUT2D eigenvalue weighted by Crippen LogP contribution is -2.31. The molecule has 0 aromatic carbocycles. The van der Waals surface area contributed by atoms with Gasteiger partial charge in [-0.3, -0.25) is 4.79 Å². The molecule has 4 rings (SSSR count). The first-order valence-corrected chi connectivity index (χ1v) is 11.5. The molecule has 8 heteroatoms. The predicted molar refractivity (Wildman–Crippen MR) is 119 cm³/mol. The molecule has 1 amide bonds. The topological polar surface area (TPSA) is 107 Å². The van der Waals surface area contributed by atoms with Crippen molar-refractivity contribution in [1.82, 2.24) is 25.6 Å². The molecular weight excluding hydrogens is 406 g/mol. The predicted octanol–water partition coefficient (Wildman–Crippen LogP) is 4.82. The normalized spacial score (nSPS) is 18.8. The number of amides is 1. The summed E-state index contributed by atoms with van der Waals surface area (Å²) in [6, 6.07) is 3.65.